The highest BCUT2D eigenvalue weighted by atomic mass is 127. The van der Waals surface area contributed by atoms with E-state index in [4.69, 9.17) is 14.0 Å². The number of hydrogen-bond acceptors (Lipinski definition) is 6. The Bertz CT molecular complexity index is 786. The molecule has 1 heterocycles. The first-order valence-electron chi connectivity index (χ1n) is 10.4. The lowest BCUT2D eigenvalue weighted by molar-refractivity contribution is 0.180. The van der Waals surface area contributed by atoms with E-state index in [-0.39, 0.29) is 30.5 Å². The number of ether oxygens (including phenoxy) is 2. The Morgan fingerprint density at radius 2 is 1.71 bits per heavy atom. The third kappa shape index (κ3) is 8.21. The topological polar surface area (TPSA) is 101 Å². The van der Waals surface area contributed by atoms with Crippen LogP contribution < -0.4 is 20.1 Å². The van der Waals surface area contributed by atoms with Crippen molar-refractivity contribution in [3.8, 4) is 11.5 Å². The summed E-state index contributed by atoms with van der Waals surface area (Å²) in [6.45, 7) is 7.63. The van der Waals surface area contributed by atoms with E-state index in [1.54, 1.807) is 32.4 Å². The summed E-state index contributed by atoms with van der Waals surface area (Å²) in [4.78, 5) is 4.54. The SMILES string of the molecule is CCNC(=NCc1cc(C(CC)CC)no1)NCC(O)c1cc(OC)cc(OC)c1.I. The lowest BCUT2D eigenvalue weighted by Crippen LogP contribution is -2.39. The molecule has 2 rings (SSSR count). The van der Waals surface area contributed by atoms with E-state index in [9.17, 15) is 5.11 Å². The van der Waals surface area contributed by atoms with E-state index in [0.717, 1.165) is 18.5 Å². The predicted octanol–water partition coefficient (Wildman–Crippen LogP) is 4.00. The molecule has 1 unspecified atom stereocenters. The second-order valence-electron chi connectivity index (χ2n) is 6.97. The van der Waals surface area contributed by atoms with Gasteiger partial charge in [0.1, 0.15) is 18.0 Å². The van der Waals surface area contributed by atoms with Crippen molar-refractivity contribution < 1.29 is 19.1 Å². The quantitative estimate of drug-likeness (QED) is 0.223. The summed E-state index contributed by atoms with van der Waals surface area (Å²) in [6, 6.07) is 7.31. The van der Waals surface area contributed by atoms with Crippen LogP contribution in [0.4, 0.5) is 0 Å². The van der Waals surface area contributed by atoms with Crippen LogP contribution in [0.5, 0.6) is 11.5 Å². The van der Waals surface area contributed by atoms with Crippen molar-refractivity contribution in [1.82, 2.24) is 15.8 Å². The van der Waals surface area contributed by atoms with Gasteiger partial charge in [-0.1, -0.05) is 19.0 Å². The number of methoxy groups -OCH3 is 2. The Morgan fingerprint density at radius 1 is 1.06 bits per heavy atom. The molecule has 9 heteroatoms. The monoisotopic (exact) mass is 546 g/mol. The molecule has 0 fully saturated rings. The number of rotatable bonds is 11. The molecule has 0 aliphatic rings. The van der Waals surface area contributed by atoms with Gasteiger partial charge in [0.25, 0.3) is 0 Å². The fourth-order valence-electron chi connectivity index (χ4n) is 3.13. The molecule has 0 saturated heterocycles. The molecule has 1 aromatic heterocycles. The lowest BCUT2D eigenvalue weighted by Gasteiger charge is -2.17. The molecule has 3 N–H and O–H groups in total. The number of nitrogens with one attached hydrogen (secondary N) is 2. The molecular formula is C22H35IN4O4. The summed E-state index contributed by atoms with van der Waals surface area (Å²) in [5.41, 5.74) is 1.67. The Kier molecular flexibility index (Phi) is 12.3. The highest BCUT2D eigenvalue weighted by molar-refractivity contribution is 14.0. The van der Waals surface area contributed by atoms with Crippen molar-refractivity contribution in [3.05, 3.63) is 41.3 Å². The van der Waals surface area contributed by atoms with E-state index in [1.165, 1.54) is 0 Å². The van der Waals surface area contributed by atoms with Gasteiger partial charge in [0.2, 0.25) is 0 Å². The summed E-state index contributed by atoms with van der Waals surface area (Å²) in [6.07, 6.45) is 1.30. The molecule has 31 heavy (non-hydrogen) atoms. The molecule has 0 saturated carbocycles. The molecule has 0 amide bonds. The molecule has 174 valence electrons. The van der Waals surface area contributed by atoms with Crippen molar-refractivity contribution >= 4 is 29.9 Å². The zero-order valence-corrected chi connectivity index (χ0v) is 21.3. The summed E-state index contributed by atoms with van der Waals surface area (Å²) >= 11 is 0. The number of benzene rings is 1. The van der Waals surface area contributed by atoms with E-state index in [1.807, 2.05) is 13.0 Å². The van der Waals surface area contributed by atoms with E-state index < -0.39 is 6.10 Å². The first kappa shape index (κ1) is 27.0. The lowest BCUT2D eigenvalue weighted by atomic mass is 9.99. The predicted molar refractivity (Wildman–Crippen MR) is 133 cm³/mol. The number of hydrogen-bond donors (Lipinski definition) is 3. The number of aliphatic imine (C=N–C) groups is 1. The molecular weight excluding hydrogens is 511 g/mol. The minimum Gasteiger partial charge on any atom is -0.497 e. The van der Waals surface area contributed by atoms with E-state index in [0.29, 0.717) is 47.8 Å². The second-order valence-corrected chi connectivity index (χ2v) is 6.97. The van der Waals surface area contributed by atoms with Crippen molar-refractivity contribution in [2.45, 2.75) is 52.2 Å². The van der Waals surface area contributed by atoms with Gasteiger partial charge in [0, 0.05) is 31.1 Å². The maximum Gasteiger partial charge on any atom is 0.191 e. The summed E-state index contributed by atoms with van der Waals surface area (Å²) in [5, 5.41) is 21.1. The first-order valence-corrected chi connectivity index (χ1v) is 10.4. The number of aromatic nitrogens is 1. The number of aliphatic hydroxyl groups excluding tert-OH is 1. The summed E-state index contributed by atoms with van der Waals surface area (Å²) in [5.74, 6) is 2.97. The fourth-order valence-corrected chi connectivity index (χ4v) is 3.13. The Hall–Kier alpha value is -2.01. The van der Waals surface area contributed by atoms with Crippen LogP contribution in [0, 0.1) is 0 Å². The zero-order valence-electron chi connectivity index (χ0n) is 19.0. The van der Waals surface area contributed by atoms with Crippen molar-refractivity contribution in [3.63, 3.8) is 0 Å². The molecule has 2 aromatic rings. The van der Waals surface area contributed by atoms with Crippen LogP contribution in [0.15, 0.2) is 33.8 Å². The molecule has 8 nitrogen and oxygen atoms in total. The minimum absolute atomic E-state index is 0. The third-order valence-electron chi connectivity index (χ3n) is 4.94. The van der Waals surface area contributed by atoms with Gasteiger partial charge in [-0.3, -0.25) is 0 Å². The van der Waals surface area contributed by atoms with E-state index >= 15 is 0 Å². The number of aliphatic hydroxyl groups is 1. The van der Waals surface area contributed by atoms with Crippen LogP contribution in [-0.4, -0.2) is 43.5 Å². The van der Waals surface area contributed by atoms with Crippen LogP contribution in [0.25, 0.3) is 0 Å². The van der Waals surface area contributed by atoms with Crippen molar-refractivity contribution in [1.29, 1.82) is 0 Å². The van der Waals surface area contributed by atoms with Gasteiger partial charge in [-0.2, -0.15) is 0 Å². The maximum atomic E-state index is 10.6. The van der Waals surface area contributed by atoms with Crippen LogP contribution in [0.1, 0.15) is 62.7 Å². The molecule has 0 radical (unpaired) electrons. The number of guanidine groups is 1. The molecule has 0 spiro atoms. The van der Waals surface area contributed by atoms with Crippen LogP contribution in [0.2, 0.25) is 0 Å². The molecule has 0 aliphatic carbocycles. The average molecular weight is 546 g/mol. The Morgan fingerprint density at radius 3 is 2.26 bits per heavy atom. The smallest absolute Gasteiger partial charge is 0.191 e. The van der Waals surface area contributed by atoms with Gasteiger partial charge in [-0.05, 0) is 37.5 Å². The average Bonchev–Trinajstić information content (AvgIpc) is 3.24. The first-order chi connectivity index (χ1) is 14.5. The Labute approximate surface area is 201 Å². The fraction of sp³-hybridized carbons (Fsp3) is 0.545. The van der Waals surface area contributed by atoms with Gasteiger partial charge in [0.15, 0.2) is 11.7 Å². The molecule has 1 aromatic carbocycles. The van der Waals surface area contributed by atoms with Gasteiger partial charge < -0.3 is 29.7 Å². The van der Waals surface area contributed by atoms with Gasteiger partial charge in [-0.25, -0.2) is 4.99 Å². The van der Waals surface area contributed by atoms with Crippen molar-refractivity contribution in [2.75, 3.05) is 27.3 Å². The largest absolute Gasteiger partial charge is 0.497 e. The third-order valence-corrected chi connectivity index (χ3v) is 4.94. The molecule has 1 atom stereocenters. The standard InChI is InChI=1S/C22H34N4O4.HI/c1-6-15(7-2)20-12-19(30-26-20)13-24-22(23-8-3)25-14-21(27)16-9-17(28-4)11-18(10-16)29-5;/h9-12,15,21,27H,6-8,13-14H2,1-5H3,(H2,23,24,25);1H. The Balaban J connectivity index is 0.00000480. The van der Waals surface area contributed by atoms with Crippen LogP contribution in [-0.2, 0) is 6.54 Å². The maximum absolute atomic E-state index is 10.6. The highest BCUT2D eigenvalue weighted by Crippen LogP contribution is 2.26. The number of halogens is 1. The second kappa shape index (κ2) is 14.1. The minimum atomic E-state index is -0.760. The normalized spacial score (nSPS) is 12.3. The highest BCUT2D eigenvalue weighted by Gasteiger charge is 2.14. The molecule has 0 bridgehead atoms. The summed E-state index contributed by atoms with van der Waals surface area (Å²) in [7, 11) is 3.16. The van der Waals surface area contributed by atoms with Gasteiger partial charge in [0.05, 0.1) is 26.0 Å². The van der Waals surface area contributed by atoms with Crippen LogP contribution >= 0.6 is 24.0 Å². The number of nitrogens with zero attached hydrogens (tertiary/aromatic N) is 2. The van der Waals surface area contributed by atoms with Gasteiger partial charge >= 0.3 is 0 Å². The van der Waals surface area contributed by atoms with Gasteiger partial charge in [-0.15, -0.1) is 24.0 Å². The van der Waals surface area contributed by atoms with E-state index in [2.05, 4.69) is 34.6 Å². The molecule has 0 aliphatic heterocycles. The summed E-state index contributed by atoms with van der Waals surface area (Å²) < 4.78 is 16.0. The zero-order chi connectivity index (χ0) is 21.9. The van der Waals surface area contributed by atoms with Crippen molar-refractivity contribution in [2.24, 2.45) is 4.99 Å². The van der Waals surface area contributed by atoms with Crippen LogP contribution in [0.3, 0.4) is 0 Å².